The van der Waals surface area contributed by atoms with Crippen LogP contribution in [0, 0.1) is 0 Å². The molecule has 0 aliphatic carbocycles. The summed E-state index contributed by atoms with van der Waals surface area (Å²) in [6.45, 7) is 6.32. The Labute approximate surface area is 109 Å². The molecular formula is C15H22O3. The first-order valence-electron chi connectivity index (χ1n) is 5.66. The lowest BCUT2D eigenvalue weighted by Crippen LogP contribution is -2.11. The van der Waals surface area contributed by atoms with Gasteiger partial charge in [0.2, 0.25) is 0 Å². The van der Waals surface area contributed by atoms with Crippen LogP contribution in [0.25, 0.3) is 0 Å². The molecule has 18 heavy (non-hydrogen) atoms. The van der Waals surface area contributed by atoms with Crippen molar-refractivity contribution in [2.24, 2.45) is 0 Å². The van der Waals surface area contributed by atoms with Crippen molar-refractivity contribution in [3.05, 3.63) is 35.4 Å². The molecule has 1 aromatic carbocycles. The summed E-state index contributed by atoms with van der Waals surface area (Å²) in [4.78, 5) is 22.0. The highest BCUT2D eigenvalue weighted by atomic mass is 16.4. The summed E-state index contributed by atoms with van der Waals surface area (Å²) in [6.07, 6.45) is -0.0515. The van der Waals surface area contributed by atoms with Crippen LogP contribution in [0.3, 0.4) is 0 Å². The fourth-order valence-electron chi connectivity index (χ4n) is 1.52. The second kappa shape index (κ2) is 6.34. The van der Waals surface area contributed by atoms with E-state index in [1.165, 1.54) is 0 Å². The van der Waals surface area contributed by atoms with Crippen molar-refractivity contribution in [1.82, 2.24) is 0 Å². The van der Waals surface area contributed by atoms with E-state index in [1.54, 1.807) is 12.1 Å². The van der Waals surface area contributed by atoms with Gasteiger partial charge < -0.3 is 5.11 Å². The SMILES string of the molecule is C.CC(C)(C)c1ccc(C(=O)CCC(=O)O)cc1. The predicted octanol–water partition coefficient (Wildman–Crippen LogP) is 3.67. The molecule has 0 aromatic heterocycles. The van der Waals surface area contributed by atoms with Gasteiger partial charge in [-0.2, -0.15) is 0 Å². The van der Waals surface area contributed by atoms with Crippen LogP contribution < -0.4 is 0 Å². The number of aliphatic carboxylic acids is 1. The van der Waals surface area contributed by atoms with Crippen LogP contribution in [0.15, 0.2) is 24.3 Å². The minimum absolute atomic E-state index is 0. The molecule has 0 atom stereocenters. The van der Waals surface area contributed by atoms with Crippen LogP contribution in [0.1, 0.15) is 57.0 Å². The van der Waals surface area contributed by atoms with Crippen LogP contribution in [-0.4, -0.2) is 16.9 Å². The maximum absolute atomic E-state index is 11.6. The van der Waals surface area contributed by atoms with E-state index in [-0.39, 0.29) is 31.5 Å². The van der Waals surface area contributed by atoms with E-state index in [0.717, 1.165) is 5.56 Å². The number of ketones is 1. The molecule has 0 radical (unpaired) electrons. The van der Waals surface area contributed by atoms with E-state index < -0.39 is 5.97 Å². The van der Waals surface area contributed by atoms with Crippen LogP contribution in [0.5, 0.6) is 0 Å². The Balaban J connectivity index is 0.00000289. The second-order valence-electron chi connectivity index (χ2n) is 5.14. The lowest BCUT2D eigenvalue weighted by Gasteiger charge is -2.18. The molecule has 0 aliphatic heterocycles. The van der Waals surface area contributed by atoms with Crippen LogP contribution in [-0.2, 0) is 10.2 Å². The summed E-state index contributed by atoms with van der Waals surface area (Å²) in [5.74, 6) is -1.06. The van der Waals surface area contributed by atoms with Gasteiger partial charge in [0.15, 0.2) is 5.78 Å². The number of hydrogen-bond acceptors (Lipinski definition) is 2. The van der Waals surface area contributed by atoms with Crippen molar-refractivity contribution in [2.45, 2.75) is 46.5 Å². The molecule has 0 fully saturated rings. The zero-order valence-corrected chi connectivity index (χ0v) is 10.5. The number of carboxylic acids is 1. The fourth-order valence-corrected chi connectivity index (χ4v) is 1.52. The average Bonchev–Trinajstić information content (AvgIpc) is 2.25. The molecular weight excluding hydrogens is 228 g/mol. The van der Waals surface area contributed by atoms with E-state index in [9.17, 15) is 9.59 Å². The Kier molecular flexibility index (Phi) is 5.76. The molecule has 0 amide bonds. The van der Waals surface area contributed by atoms with Gasteiger partial charge in [-0.1, -0.05) is 52.5 Å². The Morgan fingerprint density at radius 2 is 1.56 bits per heavy atom. The van der Waals surface area contributed by atoms with Crippen molar-refractivity contribution >= 4 is 11.8 Å². The lowest BCUT2D eigenvalue weighted by molar-refractivity contribution is -0.136. The van der Waals surface area contributed by atoms with Gasteiger partial charge in [-0.05, 0) is 11.0 Å². The van der Waals surface area contributed by atoms with Crippen molar-refractivity contribution in [3.8, 4) is 0 Å². The van der Waals surface area contributed by atoms with E-state index in [4.69, 9.17) is 5.11 Å². The van der Waals surface area contributed by atoms with Gasteiger partial charge in [-0.25, -0.2) is 0 Å². The first-order valence-corrected chi connectivity index (χ1v) is 5.66. The maximum Gasteiger partial charge on any atom is 0.303 e. The first kappa shape index (κ1) is 16.4. The molecule has 1 rings (SSSR count). The molecule has 0 bridgehead atoms. The lowest BCUT2D eigenvalue weighted by atomic mass is 9.86. The number of carboxylic acid groups (broad SMARTS) is 1. The zero-order valence-electron chi connectivity index (χ0n) is 10.5. The highest BCUT2D eigenvalue weighted by Crippen LogP contribution is 2.22. The molecule has 1 N–H and O–H groups in total. The second-order valence-corrected chi connectivity index (χ2v) is 5.14. The minimum Gasteiger partial charge on any atom is -0.481 e. The number of Topliss-reactive ketones (excluding diaryl/α,β-unsaturated/α-hetero) is 1. The summed E-state index contributed by atoms with van der Waals surface area (Å²) in [6, 6.07) is 7.39. The van der Waals surface area contributed by atoms with Gasteiger partial charge >= 0.3 is 5.97 Å². The smallest absolute Gasteiger partial charge is 0.303 e. The van der Waals surface area contributed by atoms with Crippen LogP contribution in [0.4, 0.5) is 0 Å². The molecule has 0 aliphatic rings. The normalized spacial score (nSPS) is 10.6. The van der Waals surface area contributed by atoms with E-state index in [0.29, 0.717) is 5.56 Å². The minimum atomic E-state index is -0.940. The monoisotopic (exact) mass is 250 g/mol. The summed E-state index contributed by atoms with van der Waals surface area (Å²) in [5.41, 5.74) is 1.80. The summed E-state index contributed by atoms with van der Waals surface area (Å²) >= 11 is 0. The molecule has 1 aromatic rings. The molecule has 0 saturated heterocycles. The third-order valence-electron chi connectivity index (χ3n) is 2.64. The summed E-state index contributed by atoms with van der Waals surface area (Å²) < 4.78 is 0. The quantitative estimate of drug-likeness (QED) is 0.829. The third-order valence-corrected chi connectivity index (χ3v) is 2.64. The van der Waals surface area contributed by atoms with Gasteiger partial charge in [0.25, 0.3) is 0 Å². The topological polar surface area (TPSA) is 54.4 Å². The van der Waals surface area contributed by atoms with Gasteiger partial charge in [0, 0.05) is 12.0 Å². The zero-order chi connectivity index (χ0) is 13.1. The molecule has 0 saturated carbocycles. The number of rotatable bonds is 4. The van der Waals surface area contributed by atoms with Gasteiger partial charge in [0.05, 0.1) is 6.42 Å². The third kappa shape index (κ3) is 4.70. The Bertz CT molecular complexity index is 410. The highest BCUT2D eigenvalue weighted by molar-refractivity contribution is 5.97. The summed E-state index contributed by atoms with van der Waals surface area (Å²) in [7, 11) is 0. The Morgan fingerprint density at radius 3 is 1.94 bits per heavy atom. The van der Waals surface area contributed by atoms with Crippen molar-refractivity contribution in [2.75, 3.05) is 0 Å². The van der Waals surface area contributed by atoms with Crippen LogP contribution in [0.2, 0.25) is 0 Å². The fraction of sp³-hybridized carbons (Fsp3) is 0.467. The summed E-state index contributed by atoms with van der Waals surface area (Å²) in [5, 5.41) is 8.51. The first-order chi connectivity index (χ1) is 7.80. The number of hydrogen-bond donors (Lipinski definition) is 1. The van der Waals surface area contributed by atoms with Crippen molar-refractivity contribution in [3.63, 3.8) is 0 Å². The number of carbonyl (C=O) groups is 2. The standard InChI is InChI=1S/C14H18O3.CH4/c1-14(2,3)11-6-4-10(5-7-11)12(15)8-9-13(16)17;/h4-7H,8-9H2,1-3H3,(H,16,17);1H4. The molecule has 3 nitrogen and oxygen atoms in total. The van der Waals surface area contributed by atoms with Gasteiger partial charge in [-0.15, -0.1) is 0 Å². The molecule has 0 heterocycles. The molecule has 3 heteroatoms. The van der Waals surface area contributed by atoms with Crippen molar-refractivity contribution in [1.29, 1.82) is 0 Å². The van der Waals surface area contributed by atoms with E-state index in [1.807, 2.05) is 12.1 Å². The molecule has 0 spiro atoms. The number of carbonyl (C=O) groups excluding carboxylic acids is 1. The Morgan fingerprint density at radius 1 is 1.06 bits per heavy atom. The maximum atomic E-state index is 11.6. The van der Waals surface area contributed by atoms with Gasteiger partial charge in [-0.3, -0.25) is 9.59 Å². The van der Waals surface area contributed by atoms with Gasteiger partial charge in [0.1, 0.15) is 0 Å². The van der Waals surface area contributed by atoms with E-state index >= 15 is 0 Å². The molecule has 100 valence electrons. The average molecular weight is 250 g/mol. The Hall–Kier alpha value is -1.64. The predicted molar refractivity (Wildman–Crippen MR) is 73.1 cm³/mol. The van der Waals surface area contributed by atoms with Crippen molar-refractivity contribution < 1.29 is 14.7 Å². The highest BCUT2D eigenvalue weighted by Gasteiger charge is 2.14. The number of benzene rings is 1. The molecule has 0 unspecified atom stereocenters. The van der Waals surface area contributed by atoms with Crippen LogP contribution >= 0.6 is 0 Å². The van der Waals surface area contributed by atoms with E-state index in [2.05, 4.69) is 20.8 Å². The largest absolute Gasteiger partial charge is 0.481 e.